The molecule has 0 bridgehead atoms. The summed E-state index contributed by atoms with van der Waals surface area (Å²) >= 11 is 0. The Morgan fingerprint density at radius 1 is 1.32 bits per heavy atom. The number of anilines is 1. The van der Waals surface area contributed by atoms with Crippen LogP contribution in [0.1, 0.15) is 38.2 Å². The molecule has 1 aromatic carbocycles. The van der Waals surface area contributed by atoms with Crippen LogP contribution >= 0.6 is 0 Å². The quantitative estimate of drug-likeness (QED) is 0.877. The normalized spacial score (nSPS) is 19.8. The zero-order valence-corrected chi connectivity index (χ0v) is 12.1. The molecule has 3 nitrogen and oxygen atoms in total. The Morgan fingerprint density at radius 3 is 3.05 bits per heavy atom. The fourth-order valence-electron chi connectivity index (χ4n) is 2.35. The van der Waals surface area contributed by atoms with E-state index in [1.165, 1.54) is 12.0 Å². The summed E-state index contributed by atoms with van der Waals surface area (Å²) < 4.78 is 11.4. The van der Waals surface area contributed by atoms with Crippen molar-refractivity contribution in [3.63, 3.8) is 0 Å². The van der Waals surface area contributed by atoms with Gasteiger partial charge in [0.15, 0.2) is 0 Å². The second-order valence-electron chi connectivity index (χ2n) is 5.23. The third-order valence-electron chi connectivity index (χ3n) is 3.41. The van der Waals surface area contributed by atoms with Gasteiger partial charge in [-0.1, -0.05) is 13.0 Å². The van der Waals surface area contributed by atoms with Gasteiger partial charge >= 0.3 is 0 Å². The maximum absolute atomic E-state index is 5.85. The highest BCUT2D eigenvalue weighted by atomic mass is 16.5. The number of aryl methyl sites for hydroxylation is 1. The third kappa shape index (κ3) is 4.43. The lowest BCUT2D eigenvalue weighted by molar-refractivity contribution is 0.144. The first-order valence-electron chi connectivity index (χ1n) is 7.37. The van der Waals surface area contributed by atoms with Crippen LogP contribution in [0.25, 0.3) is 0 Å². The van der Waals surface area contributed by atoms with Gasteiger partial charge in [0, 0.05) is 19.3 Å². The van der Waals surface area contributed by atoms with E-state index >= 15 is 0 Å². The Morgan fingerprint density at radius 2 is 2.21 bits per heavy atom. The summed E-state index contributed by atoms with van der Waals surface area (Å²) in [7, 11) is 0. The SMILES string of the molecule is CCCOc1cc(C)ccc1NC1CCCOCC1. The topological polar surface area (TPSA) is 30.5 Å². The van der Waals surface area contributed by atoms with Gasteiger partial charge in [0.25, 0.3) is 0 Å². The van der Waals surface area contributed by atoms with Crippen LogP contribution in [-0.2, 0) is 4.74 Å². The molecule has 0 spiro atoms. The number of rotatable bonds is 5. The Hall–Kier alpha value is -1.22. The molecule has 1 aliphatic rings. The van der Waals surface area contributed by atoms with E-state index in [0.717, 1.165) is 50.5 Å². The van der Waals surface area contributed by atoms with E-state index in [1.54, 1.807) is 0 Å². The van der Waals surface area contributed by atoms with Gasteiger partial charge in [-0.25, -0.2) is 0 Å². The number of hydrogen-bond donors (Lipinski definition) is 1. The van der Waals surface area contributed by atoms with Crippen molar-refractivity contribution in [1.29, 1.82) is 0 Å². The van der Waals surface area contributed by atoms with Gasteiger partial charge in [0.05, 0.1) is 12.3 Å². The van der Waals surface area contributed by atoms with Gasteiger partial charge in [-0.05, 0) is 50.3 Å². The van der Waals surface area contributed by atoms with E-state index in [-0.39, 0.29) is 0 Å². The summed E-state index contributed by atoms with van der Waals surface area (Å²) in [6.07, 6.45) is 4.40. The molecule has 1 fully saturated rings. The highest BCUT2D eigenvalue weighted by Gasteiger charge is 2.14. The second-order valence-corrected chi connectivity index (χ2v) is 5.23. The number of nitrogens with one attached hydrogen (secondary N) is 1. The summed E-state index contributed by atoms with van der Waals surface area (Å²) in [6.45, 7) is 6.75. The van der Waals surface area contributed by atoms with Crippen molar-refractivity contribution < 1.29 is 9.47 Å². The molecule has 1 saturated heterocycles. The van der Waals surface area contributed by atoms with Gasteiger partial charge in [0.1, 0.15) is 5.75 Å². The minimum absolute atomic E-state index is 0.495. The van der Waals surface area contributed by atoms with Crippen LogP contribution in [0, 0.1) is 6.92 Å². The van der Waals surface area contributed by atoms with Crippen LogP contribution in [-0.4, -0.2) is 25.9 Å². The maximum Gasteiger partial charge on any atom is 0.142 e. The molecule has 0 aliphatic carbocycles. The molecule has 0 aromatic heterocycles. The summed E-state index contributed by atoms with van der Waals surface area (Å²) in [5.74, 6) is 0.979. The molecule has 1 heterocycles. The van der Waals surface area contributed by atoms with Crippen LogP contribution in [0.2, 0.25) is 0 Å². The van der Waals surface area contributed by atoms with Crippen LogP contribution in [0.15, 0.2) is 18.2 Å². The fraction of sp³-hybridized carbons (Fsp3) is 0.625. The van der Waals surface area contributed by atoms with E-state index in [1.807, 2.05) is 0 Å². The van der Waals surface area contributed by atoms with Crippen molar-refractivity contribution in [3.8, 4) is 5.75 Å². The molecule has 3 heteroatoms. The first-order valence-corrected chi connectivity index (χ1v) is 7.37. The molecule has 1 aliphatic heterocycles. The number of hydrogen-bond acceptors (Lipinski definition) is 3. The van der Waals surface area contributed by atoms with Gasteiger partial charge in [-0.2, -0.15) is 0 Å². The lowest BCUT2D eigenvalue weighted by atomic mass is 10.1. The monoisotopic (exact) mass is 263 g/mol. The molecule has 0 radical (unpaired) electrons. The Bertz CT molecular complexity index is 384. The van der Waals surface area contributed by atoms with Crippen LogP contribution in [0.5, 0.6) is 5.75 Å². The van der Waals surface area contributed by atoms with Crippen molar-refractivity contribution in [2.24, 2.45) is 0 Å². The predicted octanol–water partition coefficient (Wildman–Crippen LogP) is 3.76. The molecule has 19 heavy (non-hydrogen) atoms. The maximum atomic E-state index is 5.85. The third-order valence-corrected chi connectivity index (χ3v) is 3.41. The first-order chi connectivity index (χ1) is 9.29. The Labute approximate surface area is 116 Å². The molecule has 1 N–H and O–H groups in total. The fourth-order valence-corrected chi connectivity index (χ4v) is 2.35. The van der Waals surface area contributed by atoms with E-state index in [2.05, 4.69) is 37.4 Å². The largest absolute Gasteiger partial charge is 0.491 e. The Balaban J connectivity index is 2.04. The van der Waals surface area contributed by atoms with E-state index < -0.39 is 0 Å². The van der Waals surface area contributed by atoms with Gasteiger partial charge < -0.3 is 14.8 Å². The van der Waals surface area contributed by atoms with Gasteiger partial charge in [0.2, 0.25) is 0 Å². The average molecular weight is 263 g/mol. The van der Waals surface area contributed by atoms with E-state index in [0.29, 0.717) is 6.04 Å². The van der Waals surface area contributed by atoms with Crippen molar-refractivity contribution in [3.05, 3.63) is 23.8 Å². The molecule has 1 aromatic rings. The lowest BCUT2D eigenvalue weighted by Gasteiger charge is -2.20. The molecule has 2 rings (SSSR count). The van der Waals surface area contributed by atoms with Crippen molar-refractivity contribution in [2.75, 3.05) is 25.1 Å². The minimum atomic E-state index is 0.495. The lowest BCUT2D eigenvalue weighted by Crippen LogP contribution is -2.20. The number of ether oxygens (including phenoxy) is 2. The summed E-state index contributed by atoms with van der Waals surface area (Å²) in [5.41, 5.74) is 2.35. The highest BCUT2D eigenvalue weighted by molar-refractivity contribution is 5.58. The Kier molecular flexibility index (Phi) is 5.52. The number of benzene rings is 1. The standard InChI is InChI=1S/C16H25NO2/c1-3-9-19-16-12-13(2)6-7-15(16)17-14-5-4-10-18-11-8-14/h6-7,12,14,17H,3-5,8-11H2,1-2H3. The minimum Gasteiger partial charge on any atom is -0.491 e. The molecular formula is C16H25NO2. The van der Waals surface area contributed by atoms with Crippen molar-refractivity contribution in [1.82, 2.24) is 0 Å². The molecular weight excluding hydrogens is 238 g/mol. The summed E-state index contributed by atoms with van der Waals surface area (Å²) in [4.78, 5) is 0. The smallest absolute Gasteiger partial charge is 0.142 e. The second kappa shape index (κ2) is 7.39. The average Bonchev–Trinajstić information content (AvgIpc) is 2.67. The zero-order valence-electron chi connectivity index (χ0n) is 12.1. The summed E-state index contributed by atoms with van der Waals surface area (Å²) in [5, 5.41) is 3.62. The van der Waals surface area contributed by atoms with Gasteiger partial charge in [-0.15, -0.1) is 0 Å². The molecule has 1 unspecified atom stereocenters. The first kappa shape index (κ1) is 14.2. The van der Waals surface area contributed by atoms with Crippen molar-refractivity contribution >= 4 is 5.69 Å². The van der Waals surface area contributed by atoms with Crippen LogP contribution in [0.4, 0.5) is 5.69 Å². The zero-order chi connectivity index (χ0) is 13.5. The van der Waals surface area contributed by atoms with E-state index in [4.69, 9.17) is 9.47 Å². The summed E-state index contributed by atoms with van der Waals surface area (Å²) in [6, 6.07) is 6.88. The molecule has 0 saturated carbocycles. The van der Waals surface area contributed by atoms with E-state index in [9.17, 15) is 0 Å². The van der Waals surface area contributed by atoms with Crippen molar-refractivity contribution in [2.45, 2.75) is 45.6 Å². The van der Waals surface area contributed by atoms with Crippen LogP contribution < -0.4 is 10.1 Å². The van der Waals surface area contributed by atoms with Gasteiger partial charge in [-0.3, -0.25) is 0 Å². The highest BCUT2D eigenvalue weighted by Crippen LogP contribution is 2.28. The molecule has 1 atom stereocenters. The molecule has 106 valence electrons. The molecule has 0 amide bonds. The predicted molar refractivity (Wildman–Crippen MR) is 79.0 cm³/mol. The van der Waals surface area contributed by atoms with Crippen LogP contribution in [0.3, 0.4) is 0 Å².